The monoisotopic (exact) mass is 291 g/mol. The number of carbonyl (C=O) groups excluding carboxylic acids is 1. The predicted octanol–water partition coefficient (Wildman–Crippen LogP) is 3.74. The summed E-state index contributed by atoms with van der Waals surface area (Å²) in [5.41, 5.74) is 0. The average molecular weight is 292 g/mol. The van der Waals surface area contributed by atoms with Crippen LogP contribution in [-0.2, 0) is 4.79 Å². The summed E-state index contributed by atoms with van der Waals surface area (Å²) in [6, 6.07) is 0. The van der Waals surface area contributed by atoms with E-state index in [0.29, 0.717) is 10.7 Å². The SMILES string of the molecule is CCCC(CCC)C(=O)NCC(Br)C(C)C. The fourth-order valence-corrected chi connectivity index (χ4v) is 1.84. The minimum Gasteiger partial charge on any atom is -0.355 e. The second kappa shape index (κ2) is 9.03. The smallest absolute Gasteiger partial charge is 0.223 e. The molecule has 1 unspecified atom stereocenters. The lowest BCUT2D eigenvalue weighted by Gasteiger charge is -2.18. The highest BCUT2D eigenvalue weighted by Gasteiger charge is 2.17. The van der Waals surface area contributed by atoms with Crippen LogP contribution in [0.15, 0.2) is 0 Å². The highest BCUT2D eigenvalue weighted by molar-refractivity contribution is 9.09. The number of alkyl halides is 1. The van der Waals surface area contributed by atoms with E-state index in [1.54, 1.807) is 0 Å². The number of carbonyl (C=O) groups is 1. The van der Waals surface area contributed by atoms with E-state index in [1.807, 2.05) is 0 Å². The van der Waals surface area contributed by atoms with Crippen molar-refractivity contribution >= 4 is 21.8 Å². The van der Waals surface area contributed by atoms with Crippen molar-refractivity contribution in [2.24, 2.45) is 11.8 Å². The Balaban J connectivity index is 3.99. The summed E-state index contributed by atoms with van der Waals surface area (Å²) in [5.74, 6) is 0.992. The van der Waals surface area contributed by atoms with Crippen LogP contribution < -0.4 is 5.32 Å². The van der Waals surface area contributed by atoms with Gasteiger partial charge in [0.05, 0.1) is 0 Å². The van der Waals surface area contributed by atoms with Crippen molar-refractivity contribution in [2.45, 2.75) is 58.2 Å². The molecule has 0 spiro atoms. The number of amides is 1. The predicted molar refractivity (Wildman–Crippen MR) is 73.9 cm³/mol. The Bertz CT molecular complexity index is 188. The quantitative estimate of drug-likeness (QED) is 0.678. The maximum absolute atomic E-state index is 11.9. The minimum atomic E-state index is 0.210. The van der Waals surface area contributed by atoms with Gasteiger partial charge in [-0.15, -0.1) is 0 Å². The first kappa shape index (κ1) is 16.0. The topological polar surface area (TPSA) is 29.1 Å². The van der Waals surface area contributed by atoms with E-state index in [4.69, 9.17) is 0 Å². The second-order valence-corrected chi connectivity index (χ2v) is 5.96. The highest BCUT2D eigenvalue weighted by Crippen LogP contribution is 2.15. The number of rotatable bonds is 8. The van der Waals surface area contributed by atoms with Gasteiger partial charge in [-0.05, 0) is 18.8 Å². The van der Waals surface area contributed by atoms with E-state index in [9.17, 15) is 4.79 Å². The third-order valence-corrected chi connectivity index (χ3v) is 4.22. The van der Waals surface area contributed by atoms with Gasteiger partial charge in [0.2, 0.25) is 5.91 Å². The molecule has 2 nitrogen and oxygen atoms in total. The third-order valence-electron chi connectivity index (χ3n) is 2.84. The van der Waals surface area contributed by atoms with Crippen molar-refractivity contribution in [3.8, 4) is 0 Å². The molecule has 0 fully saturated rings. The van der Waals surface area contributed by atoms with Crippen LogP contribution in [0.2, 0.25) is 0 Å². The Kier molecular flexibility index (Phi) is 9.00. The lowest BCUT2D eigenvalue weighted by Crippen LogP contribution is -2.36. The molecule has 0 aromatic carbocycles. The molecule has 0 saturated carbocycles. The van der Waals surface area contributed by atoms with Crippen LogP contribution in [0.25, 0.3) is 0 Å². The summed E-state index contributed by atoms with van der Waals surface area (Å²) in [7, 11) is 0. The average Bonchev–Trinajstić information content (AvgIpc) is 2.24. The summed E-state index contributed by atoms with van der Waals surface area (Å²) in [4.78, 5) is 12.3. The van der Waals surface area contributed by atoms with Gasteiger partial charge in [-0.25, -0.2) is 0 Å². The molecule has 0 aromatic rings. The molecule has 0 aliphatic rings. The van der Waals surface area contributed by atoms with Crippen molar-refractivity contribution < 1.29 is 4.79 Å². The molecule has 0 bridgehead atoms. The standard InChI is InChI=1S/C13H26BrNO/c1-5-7-11(8-6-2)13(16)15-9-12(14)10(3)4/h10-12H,5-9H2,1-4H3,(H,15,16). The van der Waals surface area contributed by atoms with Crippen molar-refractivity contribution in [1.82, 2.24) is 5.32 Å². The van der Waals surface area contributed by atoms with Gasteiger partial charge in [-0.3, -0.25) is 4.79 Å². The van der Waals surface area contributed by atoms with E-state index in [0.717, 1.165) is 32.2 Å². The van der Waals surface area contributed by atoms with Crippen molar-refractivity contribution in [1.29, 1.82) is 0 Å². The highest BCUT2D eigenvalue weighted by atomic mass is 79.9. The van der Waals surface area contributed by atoms with Crippen LogP contribution in [0.4, 0.5) is 0 Å². The number of halogens is 1. The molecular weight excluding hydrogens is 266 g/mol. The molecule has 16 heavy (non-hydrogen) atoms. The molecular formula is C13H26BrNO. The van der Waals surface area contributed by atoms with Crippen molar-refractivity contribution in [3.63, 3.8) is 0 Å². The lowest BCUT2D eigenvalue weighted by atomic mass is 9.97. The second-order valence-electron chi connectivity index (χ2n) is 4.78. The van der Waals surface area contributed by atoms with Crippen LogP contribution >= 0.6 is 15.9 Å². The van der Waals surface area contributed by atoms with E-state index < -0.39 is 0 Å². The maximum Gasteiger partial charge on any atom is 0.223 e. The van der Waals surface area contributed by atoms with Gasteiger partial charge >= 0.3 is 0 Å². The van der Waals surface area contributed by atoms with Gasteiger partial charge in [0.1, 0.15) is 0 Å². The third kappa shape index (κ3) is 6.51. The van der Waals surface area contributed by atoms with Crippen molar-refractivity contribution in [3.05, 3.63) is 0 Å². The molecule has 1 N–H and O–H groups in total. The molecule has 0 aromatic heterocycles. The van der Waals surface area contributed by atoms with Crippen LogP contribution in [0, 0.1) is 11.8 Å². The first-order chi connectivity index (χ1) is 7.52. The molecule has 1 amide bonds. The molecule has 0 aliphatic carbocycles. The number of nitrogens with one attached hydrogen (secondary N) is 1. The van der Waals surface area contributed by atoms with Gasteiger partial charge in [0, 0.05) is 17.3 Å². The fraction of sp³-hybridized carbons (Fsp3) is 0.923. The van der Waals surface area contributed by atoms with Crippen LogP contribution in [0.3, 0.4) is 0 Å². The lowest BCUT2D eigenvalue weighted by molar-refractivity contribution is -0.125. The van der Waals surface area contributed by atoms with Crippen molar-refractivity contribution in [2.75, 3.05) is 6.54 Å². The molecule has 0 radical (unpaired) electrons. The van der Waals surface area contributed by atoms with Gasteiger partial charge < -0.3 is 5.32 Å². The fourth-order valence-electron chi connectivity index (χ4n) is 1.68. The summed E-state index contributed by atoms with van der Waals surface area (Å²) in [5, 5.41) is 3.05. The van der Waals surface area contributed by atoms with Crippen LogP contribution in [0.1, 0.15) is 53.4 Å². The summed E-state index contributed by atoms with van der Waals surface area (Å²) in [6.07, 6.45) is 4.18. The zero-order chi connectivity index (χ0) is 12.6. The van der Waals surface area contributed by atoms with Crippen LogP contribution in [0.5, 0.6) is 0 Å². The molecule has 96 valence electrons. The minimum absolute atomic E-state index is 0.210. The maximum atomic E-state index is 11.9. The zero-order valence-corrected chi connectivity index (χ0v) is 12.6. The molecule has 1 atom stereocenters. The molecule has 3 heteroatoms. The Labute approximate surface area is 109 Å². The summed E-state index contributed by atoms with van der Waals surface area (Å²) < 4.78 is 0. The number of hydrogen-bond donors (Lipinski definition) is 1. The Morgan fingerprint density at radius 1 is 1.19 bits per heavy atom. The molecule has 0 saturated heterocycles. The normalized spacial score (nSPS) is 13.2. The summed E-state index contributed by atoms with van der Waals surface area (Å²) in [6.45, 7) is 9.32. The van der Waals surface area contributed by atoms with E-state index in [-0.39, 0.29) is 11.8 Å². The van der Waals surface area contributed by atoms with E-state index in [1.165, 1.54) is 0 Å². The van der Waals surface area contributed by atoms with Gasteiger partial charge in [0.25, 0.3) is 0 Å². The van der Waals surface area contributed by atoms with Gasteiger partial charge in [-0.2, -0.15) is 0 Å². The van der Waals surface area contributed by atoms with E-state index >= 15 is 0 Å². The van der Waals surface area contributed by atoms with Gasteiger partial charge in [-0.1, -0.05) is 56.5 Å². The Morgan fingerprint density at radius 2 is 1.69 bits per heavy atom. The molecule has 0 aliphatic heterocycles. The van der Waals surface area contributed by atoms with Crippen LogP contribution in [-0.4, -0.2) is 17.3 Å². The zero-order valence-electron chi connectivity index (χ0n) is 11.1. The summed E-state index contributed by atoms with van der Waals surface area (Å²) >= 11 is 3.58. The molecule has 0 heterocycles. The molecule has 0 rings (SSSR count). The largest absolute Gasteiger partial charge is 0.355 e. The van der Waals surface area contributed by atoms with E-state index in [2.05, 4.69) is 48.9 Å². The first-order valence-corrected chi connectivity index (χ1v) is 7.36. The van der Waals surface area contributed by atoms with Gasteiger partial charge in [0.15, 0.2) is 0 Å². The number of hydrogen-bond acceptors (Lipinski definition) is 1. The first-order valence-electron chi connectivity index (χ1n) is 6.44. The Morgan fingerprint density at radius 3 is 2.06 bits per heavy atom. The Hall–Kier alpha value is -0.0500.